The first-order valence-electron chi connectivity index (χ1n) is 9.14. The summed E-state index contributed by atoms with van der Waals surface area (Å²) in [6.07, 6.45) is -0.166. The van der Waals surface area contributed by atoms with Crippen LogP contribution in [0.15, 0.2) is 54.9 Å². The van der Waals surface area contributed by atoms with Gasteiger partial charge < -0.3 is 14.8 Å². The summed E-state index contributed by atoms with van der Waals surface area (Å²) in [6, 6.07) is 10.5. The van der Waals surface area contributed by atoms with Crippen molar-refractivity contribution in [3.63, 3.8) is 0 Å². The molecule has 1 aromatic heterocycles. The maximum atomic E-state index is 14.2. The molecule has 4 nitrogen and oxygen atoms in total. The van der Waals surface area contributed by atoms with Crippen molar-refractivity contribution in [2.75, 3.05) is 0 Å². The lowest BCUT2D eigenvalue weighted by Crippen LogP contribution is -2.46. The van der Waals surface area contributed by atoms with Crippen LogP contribution in [0.25, 0.3) is 10.8 Å². The highest BCUT2D eigenvalue weighted by Gasteiger charge is 2.32. The van der Waals surface area contributed by atoms with Crippen LogP contribution in [-0.4, -0.2) is 23.5 Å². The van der Waals surface area contributed by atoms with Crippen LogP contribution in [0.2, 0.25) is 0 Å². The summed E-state index contributed by atoms with van der Waals surface area (Å²) >= 11 is 0. The Morgan fingerprint density at radius 2 is 1.86 bits per heavy atom. The predicted molar refractivity (Wildman–Crippen MR) is 99.1 cm³/mol. The number of nitrogens with zero attached hydrogens (tertiary/aromatic N) is 1. The minimum atomic E-state index is -4.74. The second-order valence-electron chi connectivity index (χ2n) is 6.93. The molecule has 2 aromatic carbocycles. The molecule has 0 radical (unpaired) electrons. The number of nitrogens with one attached hydrogen (secondary N) is 1. The Kier molecular flexibility index (Phi) is 5.27. The minimum Gasteiger partial charge on any atom is -0.490 e. The number of halogens is 4. The van der Waals surface area contributed by atoms with Crippen molar-refractivity contribution < 1.29 is 27.0 Å². The van der Waals surface area contributed by atoms with E-state index in [4.69, 9.17) is 4.74 Å². The highest BCUT2D eigenvalue weighted by atomic mass is 19.4. The van der Waals surface area contributed by atoms with Gasteiger partial charge in [-0.25, -0.2) is 4.39 Å². The largest absolute Gasteiger partial charge is 0.573 e. The molecule has 152 valence electrons. The van der Waals surface area contributed by atoms with Crippen molar-refractivity contribution in [2.45, 2.75) is 37.9 Å². The van der Waals surface area contributed by atoms with E-state index in [1.165, 1.54) is 24.3 Å². The third-order valence-corrected chi connectivity index (χ3v) is 4.88. The highest BCUT2D eigenvalue weighted by molar-refractivity contribution is 5.84. The number of benzene rings is 2. The summed E-state index contributed by atoms with van der Waals surface area (Å²) in [5, 5.41) is 5.01. The fourth-order valence-corrected chi connectivity index (χ4v) is 3.40. The Hall–Kier alpha value is -2.87. The van der Waals surface area contributed by atoms with Gasteiger partial charge in [0.2, 0.25) is 0 Å². The lowest BCUT2D eigenvalue weighted by Gasteiger charge is -2.36. The average molecular weight is 406 g/mol. The third kappa shape index (κ3) is 4.76. The molecular weight excluding hydrogens is 388 g/mol. The Morgan fingerprint density at radius 1 is 1.07 bits per heavy atom. The molecule has 29 heavy (non-hydrogen) atoms. The number of aromatic nitrogens is 1. The molecule has 1 fully saturated rings. The highest BCUT2D eigenvalue weighted by Crippen LogP contribution is 2.30. The quantitative estimate of drug-likeness (QED) is 0.587. The topological polar surface area (TPSA) is 43.4 Å². The SMILES string of the molecule is Fc1ccc2cnccc2c1CNC1CC(Oc2cccc(OC(F)(F)F)c2)C1. The summed E-state index contributed by atoms with van der Waals surface area (Å²) in [7, 11) is 0. The van der Waals surface area contributed by atoms with Crippen LogP contribution in [0.3, 0.4) is 0 Å². The van der Waals surface area contributed by atoms with Gasteiger partial charge in [0.05, 0.1) is 0 Å². The van der Waals surface area contributed by atoms with E-state index in [-0.39, 0.29) is 23.7 Å². The number of ether oxygens (including phenoxy) is 2. The molecule has 0 saturated heterocycles. The van der Waals surface area contributed by atoms with E-state index in [9.17, 15) is 17.6 Å². The Morgan fingerprint density at radius 3 is 2.66 bits per heavy atom. The molecule has 1 N–H and O–H groups in total. The summed E-state index contributed by atoms with van der Waals surface area (Å²) < 4.78 is 60.8. The molecule has 0 unspecified atom stereocenters. The predicted octanol–water partition coefficient (Wildman–Crippen LogP) is 4.97. The van der Waals surface area contributed by atoms with Crippen LogP contribution in [0.1, 0.15) is 18.4 Å². The second-order valence-corrected chi connectivity index (χ2v) is 6.93. The van der Waals surface area contributed by atoms with Gasteiger partial charge in [0.1, 0.15) is 23.4 Å². The zero-order chi connectivity index (χ0) is 20.4. The van der Waals surface area contributed by atoms with Crippen molar-refractivity contribution in [3.05, 3.63) is 66.2 Å². The number of hydrogen-bond donors (Lipinski definition) is 1. The zero-order valence-corrected chi connectivity index (χ0v) is 15.2. The molecule has 1 saturated carbocycles. The number of rotatable bonds is 6. The van der Waals surface area contributed by atoms with Gasteiger partial charge in [0, 0.05) is 42.0 Å². The summed E-state index contributed by atoms with van der Waals surface area (Å²) in [5.41, 5.74) is 0.589. The van der Waals surface area contributed by atoms with Gasteiger partial charge >= 0.3 is 6.36 Å². The maximum absolute atomic E-state index is 14.2. The number of fused-ring (bicyclic) bond motifs is 1. The van der Waals surface area contributed by atoms with E-state index >= 15 is 0 Å². The van der Waals surface area contributed by atoms with Gasteiger partial charge in [0.15, 0.2) is 0 Å². The summed E-state index contributed by atoms with van der Waals surface area (Å²) in [6.45, 7) is 0.374. The molecule has 0 spiro atoms. The lowest BCUT2D eigenvalue weighted by atomic mass is 9.89. The van der Waals surface area contributed by atoms with E-state index < -0.39 is 6.36 Å². The van der Waals surface area contributed by atoms with E-state index in [1.54, 1.807) is 30.6 Å². The van der Waals surface area contributed by atoms with Gasteiger partial charge in [0.25, 0.3) is 0 Å². The van der Waals surface area contributed by atoms with Crippen LogP contribution in [0.5, 0.6) is 11.5 Å². The van der Waals surface area contributed by atoms with Crippen LogP contribution in [0, 0.1) is 5.82 Å². The van der Waals surface area contributed by atoms with E-state index in [1.807, 2.05) is 0 Å². The van der Waals surface area contributed by atoms with E-state index in [2.05, 4.69) is 15.0 Å². The van der Waals surface area contributed by atoms with Gasteiger partial charge in [-0.1, -0.05) is 6.07 Å². The Balaban J connectivity index is 1.31. The van der Waals surface area contributed by atoms with Crippen LogP contribution < -0.4 is 14.8 Å². The first-order chi connectivity index (χ1) is 13.9. The van der Waals surface area contributed by atoms with E-state index in [0.29, 0.717) is 30.7 Å². The Bertz CT molecular complexity index is 1000. The number of hydrogen-bond acceptors (Lipinski definition) is 4. The maximum Gasteiger partial charge on any atom is 0.573 e. The molecule has 4 rings (SSSR count). The number of alkyl halides is 3. The number of pyridine rings is 1. The normalized spacial score (nSPS) is 19.0. The van der Waals surface area contributed by atoms with Crippen LogP contribution in [-0.2, 0) is 6.54 Å². The Labute approximate surface area is 164 Å². The summed E-state index contributed by atoms with van der Waals surface area (Å²) in [5.74, 6) is -0.266. The molecule has 3 aromatic rings. The molecule has 1 aliphatic carbocycles. The molecule has 0 aliphatic heterocycles. The fourth-order valence-electron chi connectivity index (χ4n) is 3.40. The van der Waals surface area contributed by atoms with Crippen molar-refractivity contribution in [2.24, 2.45) is 0 Å². The van der Waals surface area contributed by atoms with Crippen molar-refractivity contribution in [3.8, 4) is 11.5 Å². The molecule has 0 atom stereocenters. The smallest absolute Gasteiger partial charge is 0.490 e. The molecule has 1 heterocycles. The molecule has 1 aliphatic rings. The summed E-state index contributed by atoms with van der Waals surface area (Å²) in [4.78, 5) is 4.05. The van der Waals surface area contributed by atoms with Crippen LogP contribution >= 0.6 is 0 Å². The zero-order valence-electron chi connectivity index (χ0n) is 15.2. The van der Waals surface area contributed by atoms with Crippen molar-refractivity contribution in [1.82, 2.24) is 10.3 Å². The van der Waals surface area contributed by atoms with E-state index in [0.717, 1.165) is 10.8 Å². The molecular formula is C21H18F4N2O2. The molecule has 0 amide bonds. The molecule has 8 heteroatoms. The van der Waals surface area contributed by atoms with Crippen molar-refractivity contribution >= 4 is 10.8 Å². The monoisotopic (exact) mass is 406 g/mol. The van der Waals surface area contributed by atoms with Gasteiger partial charge in [-0.2, -0.15) is 0 Å². The van der Waals surface area contributed by atoms with Crippen molar-refractivity contribution in [1.29, 1.82) is 0 Å². The standard InChI is InChI=1S/C21H18F4N2O2/c22-20-5-4-13-11-26-7-6-18(13)19(20)12-27-14-8-17(9-14)28-15-2-1-3-16(10-15)29-21(23,24)25/h1-7,10-11,14,17,27H,8-9,12H2. The first-order valence-corrected chi connectivity index (χ1v) is 9.14. The fraction of sp³-hybridized carbons (Fsp3) is 0.286. The van der Waals surface area contributed by atoms with Crippen LogP contribution in [0.4, 0.5) is 17.6 Å². The lowest BCUT2D eigenvalue weighted by molar-refractivity contribution is -0.274. The van der Waals surface area contributed by atoms with Gasteiger partial charge in [-0.3, -0.25) is 4.98 Å². The van der Waals surface area contributed by atoms with Gasteiger partial charge in [-0.05, 0) is 48.6 Å². The third-order valence-electron chi connectivity index (χ3n) is 4.88. The van der Waals surface area contributed by atoms with Gasteiger partial charge in [-0.15, -0.1) is 13.2 Å². The second kappa shape index (κ2) is 7.87. The minimum absolute atomic E-state index is 0.116. The first kappa shape index (κ1) is 19.4. The average Bonchev–Trinajstić information content (AvgIpc) is 2.63. The molecule has 0 bridgehead atoms.